The molecule has 8 heteroatoms. The number of aliphatic hydroxyl groups excluding tert-OH is 2. The molecule has 0 aromatic rings. The zero-order chi connectivity index (χ0) is 24.0. The number of fused-ring (bicyclic) bond motifs is 5. The van der Waals surface area contributed by atoms with Crippen molar-refractivity contribution >= 4 is 11.4 Å². The van der Waals surface area contributed by atoms with Crippen molar-refractivity contribution in [1.29, 1.82) is 0 Å². The van der Waals surface area contributed by atoms with Gasteiger partial charge in [-0.2, -0.15) is 0 Å². The van der Waals surface area contributed by atoms with Crippen LogP contribution in [-0.4, -0.2) is 72.0 Å². The molecule has 0 aliphatic heterocycles. The number of aliphatic hydroxyl groups is 3. The highest BCUT2D eigenvalue weighted by molar-refractivity contribution is 5.99. The molecular formula is C25H40N2O6. The number of hydrogen-bond donors (Lipinski definition) is 3. The van der Waals surface area contributed by atoms with E-state index in [1.165, 1.54) is 7.11 Å². The number of hydrogen-bond acceptors (Lipinski definition) is 8. The van der Waals surface area contributed by atoms with Gasteiger partial charge in [0.15, 0.2) is 0 Å². The van der Waals surface area contributed by atoms with E-state index in [9.17, 15) is 15.3 Å². The lowest BCUT2D eigenvalue weighted by atomic mass is 9.46. The second-order valence-corrected chi connectivity index (χ2v) is 11.0. The van der Waals surface area contributed by atoms with Gasteiger partial charge in [0.2, 0.25) is 0 Å². The number of allylic oxidation sites excluding steroid dienone is 1. The van der Waals surface area contributed by atoms with Crippen molar-refractivity contribution in [3.63, 3.8) is 0 Å². The van der Waals surface area contributed by atoms with E-state index in [1.54, 1.807) is 7.11 Å². The smallest absolute Gasteiger partial charge is 0.140 e. The van der Waals surface area contributed by atoms with Gasteiger partial charge < -0.3 is 29.7 Å². The minimum Gasteiger partial charge on any atom is -0.399 e. The molecule has 33 heavy (non-hydrogen) atoms. The van der Waals surface area contributed by atoms with E-state index in [0.717, 1.165) is 36.3 Å². The number of oxime groups is 2. The quantitative estimate of drug-likeness (QED) is 0.316. The Bertz CT molecular complexity index is 843. The average Bonchev–Trinajstić information content (AvgIpc) is 3.05. The van der Waals surface area contributed by atoms with Crippen LogP contribution in [0.2, 0.25) is 0 Å². The molecule has 4 rings (SSSR count). The van der Waals surface area contributed by atoms with Gasteiger partial charge in [0.05, 0.1) is 35.8 Å². The zero-order valence-electron chi connectivity index (χ0n) is 20.6. The van der Waals surface area contributed by atoms with Crippen LogP contribution in [0.3, 0.4) is 0 Å². The third kappa shape index (κ3) is 3.74. The summed E-state index contributed by atoms with van der Waals surface area (Å²) in [6.45, 7) is 7.24. The number of ether oxygens (including phenoxy) is 1. The Kier molecular flexibility index (Phi) is 6.68. The lowest BCUT2D eigenvalue weighted by Crippen LogP contribution is -2.61. The van der Waals surface area contributed by atoms with Gasteiger partial charge >= 0.3 is 0 Å². The van der Waals surface area contributed by atoms with Crippen molar-refractivity contribution in [1.82, 2.24) is 0 Å². The van der Waals surface area contributed by atoms with Crippen LogP contribution in [0.25, 0.3) is 0 Å². The number of rotatable bonds is 6. The maximum atomic E-state index is 12.3. The molecule has 0 amide bonds. The van der Waals surface area contributed by atoms with Crippen LogP contribution >= 0.6 is 0 Å². The Morgan fingerprint density at radius 1 is 1.09 bits per heavy atom. The van der Waals surface area contributed by atoms with Crippen LogP contribution < -0.4 is 0 Å². The van der Waals surface area contributed by atoms with Gasteiger partial charge in [-0.25, -0.2) is 0 Å². The molecule has 186 valence electrons. The first-order valence-corrected chi connectivity index (χ1v) is 12.2. The minimum absolute atomic E-state index is 0.0211. The normalized spacial score (nSPS) is 46.3. The molecule has 3 fully saturated rings. The lowest BCUT2D eigenvalue weighted by molar-refractivity contribution is -0.116. The third-order valence-corrected chi connectivity index (χ3v) is 9.43. The first-order valence-electron chi connectivity index (χ1n) is 12.2. The van der Waals surface area contributed by atoms with Crippen molar-refractivity contribution in [2.45, 2.75) is 77.1 Å². The topological polar surface area (TPSA) is 113 Å². The molecule has 0 aromatic carbocycles. The predicted octanol–water partition coefficient (Wildman–Crippen LogP) is 2.66. The van der Waals surface area contributed by atoms with Gasteiger partial charge in [0.25, 0.3) is 0 Å². The Hall–Kier alpha value is -1.48. The summed E-state index contributed by atoms with van der Waals surface area (Å²) in [5.41, 5.74) is 0.999. The lowest BCUT2D eigenvalue weighted by Gasteiger charge is -2.60. The SMILES string of the molecule is COCCO/N=C(/C)[C@H]1CC[C@@]2(O)C3=C/C(=N\OC)[C@@H]4C[C@@H](O)[C@@H](O)C[C@]4(C)C3CC[C@]12C. The summed E-state index contributed by atoms with van der Waals surface area (Å²) in [5.74, 6) is 0.207. The molecule has 0 aromatic heterocycles. The molecule has 3 saturated carbocycles. The van der Waals surface area contributed by atoms with Crippen LogP contribution in [0.1, 0.15) is 59.3 Å². The molecule has 0 spiro atoms. The van der Waals surface area contributed by atoms with Crippen LogP contribution in [0.4, 0.5) is 0 Å². The zero-order valence-corrected chi connectivity index (χ0v) is 20.6. The summed E-state index contributed by atoms with van der Waals surface area (Å²) in [6.07, 6.45) is 4.67. The fourth-order valence-corrected chi connectivity index (χ4v) is 7.59. The van der Waals surface area contributed by atoms with Gasteiger partial charge in [0, 0.05) is 24.4 Å². The van der Waals surface area contributed by atoms with Crippen molar-refractivity contribution in [3.05, 3.63) is 11.6 Å². The van der Waals surface area contributed by atoms with Gasteiger partial charge in [-0.05, 0) is 68.4 Å². The molecule has 3 N–H and O–H groups in total. The second kappa shape index (κ2) is 8.95. The number of nitrogens with zero attached hydrogens (tertiary/aromatic N) is 2. The summed E-state index contributed by atoms with van der Waals surface area (Å²) in [4.78, 5) is 10.6. The summed E-state index contributed by atoms with van der Waals surface area (Å²) in [6, 6.07) is 0. The maximum Gasteiger partial charge on any atom is 0.140 e. The summed E-state index contributed by atoms with van der Waals surface area (Å²) >= 11 is 0. The molecule has 8 atom stereocenters. The van der Waals surface area contributed by atoms with Crippen LogP contribution in [0.15, 0.2) is 22.0 Å². The van der Waals surface area contributed by atoms with E-state index in [1.807, 2.05) is 13.0 Å². The second-order valence-electron chi connectivity index (χ2n) is 11.0. The molecule has 0 saturated heterocycles. The molecule has 4 aliphatic carbocycles. The molecule has 8 nitrogen and oxygen atoms in total. The van der Waals surface area contributed by atoms with E-state index in [4.69, 9.17) is 14.4 Å². The van der Waals surface area contributed by atoms with E-state index < -0.39 is 17.8 Å². The Morgan fingerprint density at radius 2 is 1.85 bits per heavy atom. The fourth-order valence-electron chi connectivity index (χ4n) is 7.59. The van der Waals surface area contributed by atoms with Gasteiger partial charge in [-0.1, -0.05) is 24.2 Å². The van der Waals surface area contributed by atoms with Crippen LogP contribution in [-0.2, 0) is 14.4 Å². The predicted molar refractivity (Wildman–Crippen MR) is 125 cm³/mol. The summed E-state index contributed by atoms with van der Waals surface area (Å²) in [7, 11) is 3.16. The van der Waals surface area contributed by atoms with Crippen molar-refractivity contribution < 1.29 is 29.7 Å². The van der Waals surface area contributed by atoms with Gasteiger partial charge in [-0.15, -0.1) is 0 Å². The van der Waals surface area contributed by atoms with E-state index >= 15 is 0 Å². The highest BCUT2D eigenvalue weighted by atomic mass is 16.6. The van der Waals surface area contributed by atoms with Crippen molar-refractivity contribution in [2.24, 2.45) is 38.9 Å². The molecule has 0 radical (unpaired) electrons. The van der Waals surface area contributed by atoms with Crippen LogP contribution in [0.5, 0.6) is 0 Å². The Morgan fingerprint density at radius 3 is 2.55 bits per heavy atom. The molecule has 0 bridgehead atoms. The van der Waals surface area contributed by atoms with Gasteiger partial charge in [0.1, 0.15) is 13.7 Å². The molecule has 1 unspecified atom stereocenters. The van der Waals surface area contributed by atoms with Crippen molar-refractivity contribution in [3.8, 4) is 0 Å². The molecule has 0 heterocycles. The van der Waals surface area contributed by atoms with Crippen LogP contribution in [0, 0.1) is 28.6 Å². The van der Waals surface area contributed by atoms with E-state index in [-0.39, 0.29) is 28.6 Å². The Balaban J connectivity index is 1.71. The van der Waals surface area contributed by atoms with Crippen molar-refractivity contribution in [2.75, 3.05) is 27.4 Å². The third-order valence-electron chi connectivity index (χ3n) is 9.43. The van der Waals surface area contributed by atoms with Gasteiger partial charge in [-0.3, -0.25) is 0 Å². The standard InChI is InChI=1S/C25H40N2O6/c1-15(26-33-11-10-31-4)16-7-9-25(30)18-12-20(27-32-5)19-13-21(28)22(29)14-23(19,2)17(18)6-8-24(16,25)3/h12,16-17,19,21-22,28-30H,6-11,13-14H2,1-5H3/b26-15-,27-20+/t16-,17?,19+,21-,22+,23-,24-,25-/m1/s1. The van der Waals surface area contributed by atoms with E-state index in [2.05, 4.69) is 24.2 Å². The summed E-state index contributed by atoms with van der Waals surface area (Å²) < 4.78 is 5.03. The van der Waals surface area contributed by atoms with E-state index in [0.29, 0.717) is 32.5 Å². The average molecular weight is 465 g/mol. The minimum atomic E-state index is -0.993. The first kappa shape index (κ1) is 24.6. The summed E-state index contributed by atoms with van der Waals surface area (Å²) in [5, 5.41) is 42.0. The largest absolute Gasteiger partial charge is 0.399 e. The highest BCUT2D eigenvalue weighted by Gasteiger charge is 2.66. The molecule has 4 aliphatic rings. The maximum absolute atomic E-state index is 12.3. The number of methoxy groups -OCH3 is 1. The Labute approximate surface area is 196 Å². The first-order chi connectivity index (χ1) is 15.6. The molecular weight excluding hydrogens is 424 g/mol. The highest BCUT2D eigenvalue weighted by Crippen LogP contribution is 2.67. The monoisotopic (exact) mass is 464 g/mol. The fraction of sp³-hybridized carbons (Fsp3) is 0.840.